The van der Waals surface area contributed by atoms with Crippen LogP contribution in [0.5, 0.6) is 0 Å². The number of hydrogen-bond donors (Lipinski definition) is 0. The van der Waals surface area contributed by atoms with E-state index in [0.717, 1.165) is 19.3 Å². The van der Waals surface area contributed by atoms with E-state index in [0.29, 0.717) is 12.2 Å². The third-order valence-corrected chi connectivity index (χ3v) is 5.71. The molecule has 4 nitrogen and oxygen atoms in total. The molecule has 2 aromatic rings. The Labute approximate surface area is 203 Å². The number of rotatable bonds is 13. The largest absolute Gasteiger partial charge is 0.465 e. The predicted molar refractivity (Wildman–Crippen MR) is 134 cm³/mol. The summed E-state index contributed by atoms with van der Waals surface area (Å²) >= 11 is 12.4. The molecular formula is C25H32Cl2O4P+. The Kier molecular flexibility index (Phi) is 14.9. The molecule has 2 atom stereocenters. The Hall–Kier alpha value is -1.74. The average Bonchev–Trinajstić information content (AvgIpc) is 2.80. The van der Waals surface area contributed by atoms with Crippen molar-refractivity contribution < 1.29 is 18.9 Å². The van der Waals surface area contributed by atoms with Crippen LogP contribution in [0.15, 0.2) is 48.5 Å². The maximum absolute atomic E-state index is 13.2. The molecule has 0 aliphatic rings. The molecule has 2 unspecified atom stereocenters. The maximum Gasteiger partial charge on any atom is 0.321 e. The van der Waals surface area contributed by atoms with Crippen molar-refractivity contribution in [1.29, 1.82) is 0 Å². The molecule has 0 amide bonds. The lowest BCUT2D eigenvalue weighted by atomic mass is 9.90. The van der Waals surface area contributed by atoms with Crippen molar-refractivity contribution >= 4 is 44.1 Å². The van der Waals surface area contributed by atoms with Crippen molar-refractivity contribution in [2.75, 3.05) is 6.61 Å². The Morgan fingerprint density at radius 1 is 0.812 bits per heavy atom. The molecule has 0 fully saturated rings. The highest BCUT2D eigenvalue weighted by Crippen LogP contribution is 2.31. The van der Waals surface area contributed by atoms with Crippen molar-refractivity contribution in [3.63, 3.8) is 0 Å². The quantitative estimate of drug-likeness (QED) is 0.0928. The molecule has 0 spiro atoms. The maximum atomic E-state index is 13.2. The summed E-state index contributed by atoms with van der Waals surface area (Å²) in [5.41, 5.74) is 0.720. The van der Waals surface area contributed by atoms with E-state index < -0.39 is 17.7 Å². The molecular weight excluding hydrogens is 466 g/mol. The van der Waals surface area contributed by atoms with E-state index in [4.69, 9.17) is 32.5 Å². The number of carbonyl (C=O) groups excluding carboxylic acids is 2. The standard InChI is InChI=1S/C25H30Cl2O3.H2OP/c1-2-3-4-5-6-7-8-12-18-30-25(29)22(19-14-10-9-11-15-19)24(28)23-20(26)16-13-17-21(23)27;1-2/h9-11,13-17,22H,2-8,12,18H2,1H3;2H2/q;+1. The highest BCUT2D eigenvalue weighted by Gasteiger charge is 2.33. The summed E-state index contributed by atoms with van der Waals surface area (Å²) in [6, 6.07) is 13.7. The van der Waals surface area contributed by atoms with Gasteiger partial charge in [-0.3, -0.25) is 9.59 Å². The van der Waals surface area contributed by atoms with E-state index in [1.165, 1.54) is 41.2 Å². The third kappa shape index (κ3) is 9.40. The summed E-state index contributed by atoms with van der Waals surface area (Å²) in [4.78, 5) is 26.1. The van der Waals surface area contributed by atoms with E-state index in [1.54, 1.807) is 42.5 Å². The second-order valence-corrected chi connectivity index (χ2v) is 8.26. The van der Waals surface area contributed by atoms with E-state index in [2.05, 4.69) is 6.92 Å². The molecule has 0 saturated carbocycles. The topological polar surface area (TPSA) is 60.4 Å². The number of Topliss-reactive ketones (excluding diaryl/α,β-unsaturated/α-hetero) is 1. The Morgan fingerprint density at radius 3 is 1.91 bits per heavy atom. The monoisotopic (exact) mass is 497 g/mol. The van der Waals surface area contributed by atoms with Crippen LogP contribution in [-0.4, -0.2) is 18.4 Å². The fraction of sp³-hybridized carbons (Fsp3) is 0.440. The number of esters is 1. The lowest BCUT2D eigenvalue weighted by molar-refractivity contribution is -0.144. The zero-order chi connectivity index (χ0) is 23.8. The second-order valence-electron chi connectivity index (χ2n) is 7.45. The molecule has 0 bridgehead atoms. The van der Waals surface area contributed by atoms with Crippen LogP contribution < -0.4 is 0 Å². The second kappa shape index (κ2) is 16.8. The number of carbonyl (C=O) groups is 2. The first-order valence-corrected chi connectivity index (χ1v) is 12.2. The van der Waals surface area contributed by atoms with Crippen molar-refractivity contribution in [3.05, 3.63) is 69.7 Å². The molecule has 0 aromatic heterocycles. The number of halogens is 2. The normalized spacial score (nSPS) is 11.2. The van der Waals surface area contributed by atoms with E-state index >= 15 is 0 Å². The number of ether oxygens (including phenoxy) is 1. The Morgan fingerprint density at radius 2 is 1.34 bits per heavy atom. The number of hydrogen-bond acceptors (Lipinski definition) is 4. The number of benzene rings is 2. The van der Waals surface area contributed by atoms with Crippen LogP contribution in [-0.2, 0) is 14.1 Å². The molecule has 0 saturated heterocycles. The lowest BCUT2D eigenvalue weighted by Crippen LogP contribution is -2.25. The number of unbranched alkanes of at least 4 members (excludes halogenated alkanes) is 7. The molecule has 0 aliphatic heterocycles. The van der Waals surface area contributed by atoms with E-state index in [9.17, 15) is 9.59 Å². The third-order valence-electron chi connectivity index (χ3n) is 5.08. The van der Waals surface area contributed by atoms with Gasteiger partial charge < -0.3 is 4.74 Å². The van der Waals surface area contributed by atoms with Gasteiger partial charge >= 0.3 is 15.1 Å². The van der Waals surface area contributed by atoms with Crippen LogP contribution >= 0.6 is 32.3 Å². The van der Waals surface area contributed by atoms with E-state index in [1.807, 2.05) is 6.07 Å². The van der Waals surface area contributed by atoms with Crippen LogP contribution in [0.3, 0.4) is 0 Å². The minimum atomic E-state index is -1.09. The van der Waals surface area contributed by atoms with E-state index in [-0.39, 0.29) is 15.6 Å². The molecule has 0 aliphatic carbocycles. The number of ketones is 1. The van der Waals surface area contributed by atoms with Crippen molar-refractivity contribution in [2.45, 2.75) is 64.2 Å². The molecule has 2 aromatic carbocycles. The molecule has 0 N–H and O–H groups in total. The zero-order valence-corrected chi connectivity index (χ0v) is 21.2. The van der Waals surface area contributed by atoms with Gasteiger partial charge in [0.2, 0.25) is 0 Å². The summed E-state index contributed by atoms with van der Waals surface area (Å²) < 4.78 is 13.6. The highest BCUT2D eigenvalue weighted by atomic mass is 35.5. The zero-order valence-electron chi connectivity index (χ0n) is 18.5. The molecule has 2 rings (SSSR count). The molecule has 32 heavy (non-hydrogen) atoms. The summed E-state index contributed by atoms with van der Waals surface area (Å²) in [5.74, 6) is -2.10. The van der Waals surface area contributed by atoms with Gasteiger partial charge in [-0.2, -0.15) is 0 Å². The highest BCUT2D eigenvalue weighted by molar-refractivity contribution is 7.00. The van der Waals surface area contributed by atoms with Crippen molar-refractivity contribution in [3.8, 4) is 0 Å². The average molecular weight is 498 g/mol. The predicted octanol–water partition coefficient (Wildman–Crippen LogP) is 7.85. The molecule has 0 radical (unpaired) electrons. The molecule has 7 heteroatoms. The van der Waals surface area contributed by atoms with Crippen molar-refractivity contribution in [1.82, 2.24) is 0 Å². The molecule has 174 valence electrons. The van der Waals surface area contributed by atoms with Gasteiger partial charge in [0.15, 0.2) is 5.78 Å². The summed E-state index contributed by atoms with van der Waals surface area (Å²) in [6.07, 6.45) is 9.25. The van der Waals surface area contributed by atoms with Gasteiger partial charge in [-0.25, -0.2) is 0 Å². The van der Waals surface area contributed by atoms with Crippen LogP contribution in [0.25, 0.3) is 0 Å². The smallest absolute Gasteiger partial charge is 0.321 e. The summed E-state index contributed by atoms with van der Waals surface area (Å²) in [7, 11) is 1.17. The van der Waals surface area contributed by atoms with Gasteiger partial charge in [-0.15, -0.1) is 0 Å². The fourth-order valence-electron chi connectivity index (χ4n) is 3.41. The lowest BCUT2D eigenvalue weighted by Gasteiger charge is -2.17. The van der Waals surface area contributed by atoms with Gasteiger partial charge in [0.1, 0.15) is 5.92 Å². The molecule has 0 heterocycles. The van der Waals surface area contributed by atoms with Gasteiger partial charge in [0.25, 0.3) is 0 Å². The first-order chi connectivity index (χ1) is 15.6. The first-order valence-electron chi connectivity index (χ1n) is 11.0. The van der Waals surface area contributed by atoms with Crippen LogP contribution in [0.1, 0.15) is 80.1 Å². The van der Waals surface area contributed by atoms with Gasteiger partial charge in [-0.1, -0.05) is 116 Å². The minimum absolute atomic E-state index is 0.152. The SMILES string of the molecule is CCCCCCCCCCOC(=O)C(C(=O)c1c(Cl)cccc1Cl)c1ccccc1.O=[PH2+]. The van der Waals surface area contributed by atoms with Crippen LogP contribution in [0, 0.1) is 0 Å². The van der Waals surface area contributed by atoms with Crippen LogP contribution in [0.2, 0.25) is 10.0 Å². The Balaban J connectivity index is 0.00000249. The Bertz CT molecular complexity index is 810. The van der Waals surface area contributed by atoms with Gasteiger partial charge in [-0.05, 0) is 24.1 Å². The van der Waals surface area contributed by atoms with Crippen LogP contribution in [0.4, 0.5) is 0 Å². The fourth-order valence-corrected chi connectivity index (χ4v) is 3.99. The van der Waals surface area contributed by atoms with Crippen molar-refractivity contribution in [2.24, 2.45) is 0 Å². The van der Waals surface area contributed by atoms with Gasteiger partial charge in [0.05, 0.1) is 22.2 Å². The summed E-state index contributed by atoms with van der Waals surface area (Å²) in [5, 5.41) is 0.452. The summed E-state index contributed by atoms with van der Waals surface area (Å²) in [6.45, 7) is 2.52. The minimum Gasteiger partial charge on any atom is -0.465 e. The first kappa shape index (κ1) is 28.3. The van der Waals surface area contributed by atoms with Gasteiger partial charge in [0, 0.05) is 0 Å².